The zero-order chi connectivity index (χ0) is 13.6. The van der Waals surface area contributed by atoms with Crippen molar-refractivity contribution < 1.29 is 9.90 Å². The number of aliphatic hydroxyl groups is 1. The van der Waals surface area contributed by atoms with Gasteiger partial charge in [0.1, 0.15) is 0 Å². The van der Waals surface area contributed by atoms with Crippen molar-refractivity contribution in [2.45, 2.75) is 64.5 Å². The molecule has 4 heteroatoms. The van der Waals surface area contributed by atoms with Gasteiger partial charge in [-0.05, 0) is 46.0 Å². The Morgan fingerprint density at radius 3 is 2.50 bits per heavy atom. The molecule has 1 amide bonds. The van der Waals surface area contributed by atoms with E-state index >= 15 is 0 Å². The number of hydrogen-bond donors (Lipinski definition) is 2. The van der Waals surface area contributed by atoms with Crippen LogP contribution < -0.4 is 5.32 Å². The number of carbonyl (C=O) groups is 1. The number of rotatable bonds is 6. The van der Waals surface area contributed by atoms with E-state index in [0.717, 1.165) is 32.4 Å². The van der Waals surface area contributed by atoms with Crippen LogP contribution in [0.5, 0.6) is 0 Å². The minimum atomic E-state index is -0.167. The predicted octanol–water partition coefficient (Wildman–Crippen LogP) is 1.53. The number of nitrogens with zero attached hydrogens (tertiary/aromatic N) is 1. The summed E-state index contributed by atoms with van der Waals surface area (Å²) in [7, 11) is 0. The first kappa shape index (κ1) is 15.4. The number of carbonyl (C=O) groups excluding carboxylic acids is 1. The lowest BCUT2D eigenvalue weighted by atomic mass is 9.93. The number of nitrogens with one attached hydrogen (secondary N) is 1. The summed E-state index contributed by atoms with van der Waals surface area (Å²) >= 11 is 0. The molecule has 0 aliphatic carbocycles. The van der Waals surface area contributed by atoms with Crippen molar-refractivity contribution in [1.29, 1.82) is 0 Å². The Labute approximate surface area is 111 Å². The number of piperidine rings is 1. The molecule has 2 unspecified atom stereocenters. The van der Waals surface area contributed by atoms with Gasteiger partial charge in [0, 0.05) is 25.2 Å². The van der Waals surface area contributed by atoms with Gasteiger partial charge in [0.05, 0.1) is 6.04 Å². The number of amides is 1. The molecule has 106 valence electrons. The monoisotopic (exact) mass is 256 g/mol. The molecule has 1 rings (SSSR count). The van der Waals surface area contributed by atoms with Gasteiger partial charge in [-0.1, -0.05) is 6.92 Å². The van der Waals surface area contributed by atoms with Crippen molar-refractivity contribution in [1.82, 2.24) is 10.2 Å². The van der Waals surface area contributed by atoms with Gasteiger partial charge in [0.25, 0.3) is 0 Å². The molecular weight excluding hydrogens is 228 g/mol. The van der Waals surface area contributed by atoms with E-state index in [2.05, 4.69) is 19.2 Å². The molecule has 4 nitrogen and oxygen atoms in total. The minimum Gasteiger partial charge on any atom is -0.396 e. The molecule has 2 atom stereocenters. The normalized spacial score (nSPS) is 21.4. The van der Waals surface area contributed by atoms with Gasteiger partial charge in [-0.2, -0.15) is 0 Å². The van der Waals surface area contributed by atoms with Crippen molar-refractivity contribution in [3.05, 3.63) is 0 Å². The molecule has 1 aliphatic rings. The zero-order valence-electron chi connectivity index (χ0n) is 12.0. The minimum absolute atomic E-state index is 0.153. The molecule has 0 aromatic carbocycles. The molecule has 0 bridgehead atoms. The van der Waals surface area contributed by atoms with Crippen LogP contribution >= 0.6 is 0 Å². The Bertz CT molecular complexity index is 265. The number of likely N-dealkylation sites (tertiary alicyclic amines) is 1. The van der Waals surface area contributed by atoms with E-state index in [0.29, 0.717) is 6.42 Å². The maximum atomic E-state index is 12.3. The highest BCUT2D eigenvalue weighted by molar-refractivity contribution is 5.81. The molecule has 1 saturated heterocycles. The maximum absolute atomic E-state index is 12.3. The number of hydrogen-bond acceptors (Lipinski definition) is 3. The standard InChI is InChI=1S/C14H28N2O2/c1-4-14(3,8-11-17)15-12(2)13(18)16-9-6-5-7-10-16/h12,15,17H,4-11H2,1-3H3. The lowest BCUT2D eigenvalue weighted by molar-refractivity contribution is -0.134. The summed E-state index contributed by atoms with van der Waals surface area (Å²) in [6.07, 6.45) is 5.08. The molecule has 0 aromatic rings. The fourth-order valence-corrected chi connectivity index (χ4v) is 2.57. The highest BCUT2D eigenvalue weighted by Gasteiger charge is 2.28. The molecule has 18 heavy (non-hydrogen) atoms. The summed E-state index contributed by atoms with van der Waals surface area (Å²) in [5.41, 5.74) is -0.153. The summed E-state index contributed by atoms with van der Waals surface area (Å²) < 4.78 is 0. The third-order valence-electron chi connectivity index (χ3n) is 4.05. The van der Waals surface area contributed by atoms with E-state index in [9.17, 15) is 4.79 Å². The Hall–Kier alpha value is -0.610. The fourth-order valence-electron chi connectivity index (χ4n) is 2.57. The van der Waals surface area contributed by atoms with Gasteiger partial charge >= 0.3 is 0 Å². The Kier molecular flexibility index (Phi) is 6.09. The Morgan fingerprint density at radius 2 is 2.00 bits per heavy atom. The van der Waals surface area contributed by atoms with Gasteiger partial charge in [-0.15, -0.1) is 0 Å². The van der Waals surface area contributed by atoms with Crippen LogP contribution in [0.25, 0.3) is 0 Å². The van der Waals surface area contributed by atoms with Gasteiger partial charge in [0.15, 0.2) is 0 Å². The van der Waals surface area contributed by atoms with Crippen LogP contribution in [0.4, 0.5) is 0 Å². The largest absolute Gasteiger partial charge is 0.396 e. The van der Waals surface area contributed by atoms with Gasteiger partial charge < -0.3 is 15.3 Å². The van der Waals surface area contributed by atoms with Crippen molar-refractivity contribution in [3.8, 4) is 0 Å². The molecule has 2 N–H and O–H groups in total. The van der Waals surface area contributed by atoms with Crippen LogP contribution in [-0.2, 0) is 4.79 Å². The predicted molar refractivity (Wildman–Crippen MR) is 73.4 cm³/mol. The van der Waals surface area contributed by atoms with E-state index in [1.165, 1.54) is 6.42 Å². The Balaban J connectivity index is 2.51. The van der Waals surface area contributed by atoms with Crippen molar-refractivity contribution in [2.24, 2.45) is 0 Å². The fraction of sp³-hybridized carbons (Fsp3) is 0.929. The highest BCUT2D eigenvalue weighted by atomic mass is 16.3. The van der Waals surface area contributed by atoms with E-state index in [1.54, 1.807) is 0 Å². The van der Waals surface area contributed by atoms with Crippen molar-refractivity contribution in [2.75, 3.05) is 19.7 Å². The Morgan fingerprint density at radius 1 is 1.39 bits per heavy atom. The summed E-state index contributed by atoms with van der Waals surface area (Å²) in [6, 6.07) is -0.167. The zero-order valence-corrected chi connectivity index (χ0v) is 12.0. The molecule has 1 fully saturated rings. The summed E-state index contributed by atoms with van der Waals surface area (Å²) in [5.74, 6) is 0.201. The van der Waals surface area contributed by atoms with E-state index < -0.39 is 0 Å². The van der Waals surface area contributed by atoms with Crippen LogP contribution in [0.3, 0.4) is 0 Å². The molecule has 0 aromatic heterocycles. The van der Waals surface area contributed by atoms with Crippen molar-refractivity contribution >= 4 is 5.91 Å². The van der Waals surface area contributed by atoms with Gasteiger partial charge in [-0.3, -0.25) is 4.79 Å². The van der Waals surface area contributed by atoms with Gasteiger partial charge in [-0.25, -0.2) is 0 Å². The molecule has 0 radical (unpaired) electrons. The van der Waals surface area contributed by atoms with E-state index in [1.807, 2.05) is 11.8 Å². The molecular formula is C14H28N2O2. The maximum Gasteiger partial charge on any atom is 0.239 e. The SMILES string of the molecule is CCC(C)(CCO)NC(C)C(=O)N1CCCCC1. The molecule has 1 aliphatic heterocycles. The van der Waals surface area contributed by atoms with Crippen LogP contribution in [0.15, 0.2) is 0 Å². The molecule has 0 spiro atoms. The lowest BCUT2D eigenvalue weighted by Crippen LogP contribution is -2.54. The summed E-state index contributed by atoms with van der Waals surface area (Å²) in [6.45, 7) is 8.04. The van der Waals surface area contributed by atoms with Crippen molar-refractivity contribution in [3.63, 3.8) is 0 Å². The first-order valence-electron chi connectivity index (χ1n) is 7.20. The van der Waals surface area contributed by atoms with Crippen LogP contribution in [0.2, 0.25) is 0 Å². The second-order valence-electron chi connectivity index (χ2n) is 5.64. The second kappa shape index (κ2) is 7.10. The lowest BCUT2D eigenvalue weighted by Gasteiger charge is -2.35. The van der Waals surface area contributed by atoms with Gasteiger partial charge in [0.2, 0.25) is 5.91 Å². The first-order valence-corrected chi connectivity index (χ1v) is 7.20. The van der Waals surface area contributed by atoms with Crippen LogP contribution in [0, 0.1) is 0 Å². The summed E-state index contributed by atoms with van der Waals surface area (Å²) in [4.78, 5) is 14.3. The summed E-state index contributed by atoms with van der Waals surface area (Å²) in [5, 5.41) is 12.5. The van der Waals surface area contributed by atoms with E-state index in [4.69, 9.17) is 5.11 Å². The average molecular weight is 256 g/mol. The number of aliphatic hydroxyl groups excluding tert-OH is 1. The smallest absolute Gasteiger partial charge is 0.239 e. The van der Waals surface area contributed by atoms with E-state index in [-0.39, 0.29) is 24.1 Å². The first-order chi connectivity index (χ1) is 8.52. The molecule has 0 saturated carbocycles. The molecule has 1 heterocycles. The average Bonchev–Trinajstić information content (AvgIpc) is 2.39. The quantitative estimate of drug-likeness (QED) is 0.758. The third-order valence-corrected chi connectivity index (χ3v) is 4.05. The highest BCUT2D eigenvalue weighted by Crippen LogP contribution is 2.16. The van der Waals surface area contributed by atoms with Crippen LogP contribution in [-0.4, -0.2) is 47.2 Å². The topological polar surface area (TPSA) is 52.6 Å². The second-order valence-corrected chi connectivity index (χ2v) is 5.64. The third kappa shape index (κ3) is 4.25. The van der Waals surface area contributed by atoms with Crippen LogP contribution in [0.1, 0.15) is 52.9 Å².